The summed E-state index contributed by atoms with van der Waals surface area (Å²) in [4.78, 5) is 0. The molecule has 0 amide bonds. The Morgan fingerprint density at radius 1 is 1.11 bits per heavy atom. The lowest BCUT2D eigenvalue weighted by Gasteiger charge is -2.35. The number of hydrogen-bond donors (Lipinski definition) is 0. The Bertz CT molecular complexity index is 400. The Morgan fingerprint density at radius 3 is 2.44 bits per heavy atom. The van der Waals surface area contributed by atoms with Crippen molar-refractivity contribution in [1.82, 2.24) is 0 Å². The highest BCUT2D eigenvalue weighted by molar-refractivity contribution is 9.11. The monoisotopic (exact) mass is 438 g/mol. The minimum absolute atomic E-state index is 0.324. The average molecular weight is 441 g/mol. The van der Waals surface area contributed by atoms with Crippen molar-refractivity contribution in [1.29, 1.82) is 0 Å². The van der Waals surface area contributed by atoms with Crippen LogP contribution in [0, 0.1) is 5.41 Å². The molecule has 1 aromatic carbocycles. The van der Waals surface area contributed by atoms with E-state index in [1.165, 1.54) is 32.1 Å². The lowest BCUT2D eigenvalue weighted by molar-refractivity contribution is 0.121. The number of hydrogen-bond acceptors (Lipinski definition) is 1. The van der Waals surface area contributed by atoms with Crippen molar-refractivity contribution in [2.45, 2.75) is 32.1 Å². The number of ether oxygens (including phenoxy) is 1. The van der Waals surface area contributed by atoms with Gasteiger partial charge in [-0.3, -0.25) is 0 Å². The third-order valence-electron chi connectivity index (χ3n) is 3.63. The van der Waals surface area contributed by atoms with Gasteiger partial charge in [0, 0.05) is 15.2 Å². The Hall–Kier alpha value is 0.460. The zero-order chi connectivity index (χ0) is 13.0. The first-order chi connectivity index (χ1) is 8.65. The van der Waals surface area contributed by atoms with E-state index in [0.29, 0.717) is 5.41 Å². The van der Waals surface area contributed by atoms with E-state index in [1.54, 1.807) is 0 Å². The first kappa shape index (κ1) is 14.9. The molecule has 1 aromatic rings. The first-order valence-corrected chi connectivity index (χ1v) is 9.00. The molecule has 0 unspecified atom stereocenters. The van der Waals surface area contributed by atoms with Gasteiger partial charge in [-0.05, 0) is 47.0 Å². The molecule has 4 heteroatoms. The first-order valence-electron chi connectivity index (χ1n) is 6.29. The Kier molecular flexibility index (Phi) is 5.58. The van der Waals surface area contributed by atoms with Crippen LogP contribution in [0.3, 0.4) is 0 Å². The normalized spacial score (nSPS) is 18.6. The maximum absolute atomic E-state index is 6.03. The summed E-state index contributed by atoms with van der Waals surface area (Å²) in [6.07, 6.45) is 6.57. The second-order valence-corrected chi connectivity index (χ2v) is 7.39. The molecule has 100 valence electrons. The molecule has 0 aliphatic heterocycles. The van der Waals surface area contributed by atoms with Gasteiger partial charge in [0.25, 0.3) is 0 Å². The summed E-state index contributed by atoms with van der Waals surface area (Å²) in [6, 6.07) is 6.05. The summed E-state index contributed by atoms with van der Waals surface area (Å²) in [7, 11) is 0. The quantitative estimate of drug-likeness (QED) is 0.527. The van der Waals surface area contributed by atoms with E-state index < -0.39 is 0 Å². The van der Waals surface area contributed by atoms with Crippen LogP contribution in [0.4, 0.5) is 0 Å². The van der Waals surface area contributed by atoms with E-state index in [4.69, 9.17) is 4.74 Å². The van der Waals surface area contributed by atoms with Crippen LogP contribution in [0.1, 0.15) is 32.1 Å². The minimum atomic E-state index is 0.324. The minimum Gasteiger partial charge on any atom is -0.492 e. The molecule has 1 nitrogen and oxygen atoms in total. The van der Waals surface area contributed by atoms with Gasteiger partial charge in [-0.25, -0.2) is 0 Å². The van der Waals surface area contributed by atoms with Gasteiger partial charge in [0.05, 0.1) is 11.1 Å². The van der Waals surface area contributed by atoms with Crippen molar-refractivity contribution in [2.24, 2.45) is 5.41 Å². The van der Waals surface area contributed by atoms with Gasteiger partial charge in [0.1, 0.15) is 5.75 Å². The van der Waals surface area contributed by atoms with Gasteiger partial charge in [-0.15, -0.1) is 0 Å². The van der Waals surface area contributed by atoms with Gasteiger partial charge in [-0.2, -0.15) is 0 Å². The molecule has 1 fully saturated rings. The molecule has 0 radical (unpaired) electrons. The maximum atomic E-state index is 6.03. The van der Waals surface area contributed by atoms with E-state index >= 15 is 0 Å². The number of rotatable bonds is 4. The van der Waals surface area contributed by atoms with Gasteiger partial charge in [0.2, 0.25) is 0 Å². The highest BCUT2D eigenvalue weighted by atomic mass is 79.9. The summed E-state index contributed by atoms with van der Waals surface area (Å²) >= 11 is 10.7. The van der Waals surface area contributed by atoms with E-state index in [-0.39, 0.29) is 0 Å². The van der Waals surface area contributed by atoms with Crippen LogP contribution in [0.2, 0.25) is 0 Å². The Morgan fingerprint density at radius 2 is 1.83 bits per heavy atom. The molecule has 18 heavy (non-hydrogen) atoms. The van der Waals surface area contributed by atoms with Crippen molar-refractivity contribution >= 4 is 47.8 Å². The molecule has 0 spiro atoms. The van der Waals surface area contributed by atoms with Crippen molar-refractivity contribution in [3.8, 4) is 5.75 Å². The standard InChI is InChI=1S/C14H17Br3O/c15-9-14(6-2-1-3-7-14)10-18-13-5-4-11(16)8-12(13)17/h4-5,8H,1-3,6-7,9-10H2. The Labute approximate surface area is 134 Å². The zero-order valence-corrected chi connectivity index (χ0v) is 15.0. The summed E-state index contributed by atoms with van der Waals surface area (Å²) in [5.74, 6) is 0.934. The molecule has 2 rings (SSSR count). The molecule has 0 saturated heterocycles. The molecular weight excluding hydrogens is 424 g/mol. The van der Waals surface area contributed by atoms with E-state index in [2.05, 4.69) is 47.8 Å². The predicted molar refractivity (Wildman–Crippen MR) is 86.6 cm³/mol. The SMILES string of the molecule is BrCC1(COc2ccc(Br)cc2Br)CCCCC1. The zero-order valence-electron chi connectivity index (χ0n) is 10.2. The van der Waals surface area contributed by atoms with Crippen LogP contribution in [0.25, 0.3) is 0 Å². The van der Waals surface area contributed by atoms with Crippen LogP contribution in [-0.2, 0) is 0 Å². The summed E-state index contributed by atoms with van der Waals surface area (Å²) < 4.78 is 8.10. The molecule has 1 aliphatic rings. The average Bonchev–Trinajstić information content (AvgIpc) is 2.39. The Balaban J connectivity index is 2.01. The van der Waals surface area contributed by atoms with Gasteiger partial charge in [-0.1, -0.05) is 51.1 Å². The molecular formula is C14H17Br3O. The summed E-state index contributed by atoms with van der Waals surface area (Å²) in [5.41, 5.74) is 0.324. The number of benzene rings is 1. The highest BCUT2D eigenvalue weighted by Gasteiger charge is 2.32. The van der Waals surface area contributed by atoms with Gasteiger partial charge >= 0.3 is 0 Å². The van der Waals surface area contributed by atoms with Crippen LogP contribution in [0.15, 0.2) is 27.1 Å². The third-order valence-corrected chi connectivity index (χ3v) is 5.93. The van der Waals surface area contributed by atoms with E-state index in [1.807, 2.05) is 18.2 Å². The predicted octanol–water partition coefficient (Wildman–Crippen LogP) is 5.94. The van der Waals surface area contributed by atoms with E-state index in [0.717, 1.165) is 26.6 Å². The highest BCUT2D eigenvalue weighted by Crippen LogP contribution is 2.39. The number of alkyl halides is 1. The second kappa shape index (κ2) is 6.76. The topological polar surface area (TPSA) is 9.23 Å². The smallest absolute Gasteiger partial charge is 0.133 e. The van der Waals surface area contributed by atoms with Gasteiger partial charge < -0.3 is 4.74 Å². The molecule has 1 aliphatic carbocycles. The fraction of sp³-hybridized carbons (Fsp3) is 0.571. The number of halogens is 3. The van der Waals surface area contributed by atoms with Crippen molar-refractivity contribution in [3.63, 3.8) is 0 Å². The fourth-order valence-corrected chi connectivity index (χ4v) is 4.33. The molecule has 0 N–H and O–H groups in total. The van der Waals surface area contributed by atoms with Crippen molar-refractivity contribution in [3.05, 3.63) is 27.1 Å². The largest absolute Gasteiger partial charge is 0.492 e. The van der Waals surface area contributed by atoms with Gasteiger partial charge in [0.15, 0.2) is 0 Å². The lowest BCUT2D eigenvalue weighted by Crippen LogP contribution is -2.32. The van der Waals surface area contributed by atoms with Crippen LogP contribution >= 0.6 is 47.8 Å². The lowest BCUT2D eigenvalue weighted by atomic mass is 9.76. The fourth-order valence-electron chi connectivity index (χ4n) is 2.44. The summed E-state index contributed by atoms with van der Waals surface area (Å²) in [5, 5.41) is 1.04. The molecule has 0 bridgehead atoms. The molecule has 0 aromatic heterocycles. The van der Waals surface area contributed by atoms with E-state index in [9.17, 15) is 0 Å². The second-order valence-electron chi connectivity index (χ2n) is 5.06. The summed E-state index contributed by atoms with van der Waals surface area (Å²) in [6.45, 7) is 0.804. The molecule has 0 atom stereocenters. The van der Waals surface area contributed by atoms with Crippen LogP contribution in [-0.4, -0.2) is 11.9 Å². The maximum Gasteiger partial charge on any atom is 0.133 e. The van der Waals surface area contributed by atoms with Crippen molar-refractivity contribution in [2.75, 3.05) is 11.9 Å². The molecule has 0 heterocycles. The third kappa shape index (κ3) is 3.73. The van der Waals surface area contributed by atoms with Crippen molar-refractivity contribution < 1.29 is 4.74 Å². The van der Waals surface area contributed by atoms with Crippen LogP contribution in [0.5, 0.6) is 5.75 Å². The molecule has 1 saturated carbocycles. The van der Waals surface area contributed by atoms with Crippen LogP contribution < -0.4 is 4.74 Å².